The number of rotatable bonds is 5. The van der Waals surface area contributed by atoms with Gasteiger partial charge in [0.1, 0.15) is 6.10 Å². The van der Waals surface area contributed by atoms with Crippen molar-refractivity contribution in [2.75, 3.05) is 14.2 Å². The Kier molecular flexibility index (Phi) is 4.77. The Morgan fingerprint density at radius 3 is 3.04 bits per heavy atom. The number of thiophene rings is 1. The van der Waals surface area contributed by atoms with E-state index in [2.05, 4.69) is 10.1 Å². The van der Waals surface area contributed by atoms with Gasteiger partial charge in [-0.1, -0.05) is 5.16 Å². The number of amides is 1. The smallest absolute Gasteiger partial charge is 0.255 e. The molecule has 7 heteroatoms. The lowest BCUT2D eigenvalue weighted by molar-refractivity contribution is 0.0768. The third-order valence-electron chi connectivity index (χ3n) is 4.21. The second kappa shape index (κ2) is 6.80. The van der Waals surface area contributed by atoms with E-state index in [1.54, 1.807) is 30.4 Å². The molecule has 0 radical (unpaired) electrons. The van der Waals surface area contributed by atoms with E-state index in [9.17, 15) is 4.79 Å². The summed E-state index contributed by atoms with van der Waals surface area (Å²) in [5.74, 6) is 0.934. The highest BCUT2D eigenvalue weighted by molar-refractivity contribution is 7.10. The predicted molar refractivity (Wildman–Crippen MR) is 86.5 cm³/mol. The second-order valence-electron chi connectivity index (χ2n) is 5.84. The Balaban J connectivity index is 1.70. The zero-order valence-corrected chi connectivity index (χ0v) is 14.5. The van der Waals surface area contributed by atoms with Gasteiger partial charge in [-0.15, -0.1) is 11.3 Å². The van der Waals surface area contributed by atoms with Gasteiger partial charge in [-0.3, -0.25) is 4.79 Å². The summed E-state index contributed by atoms with van der Waals surface area (Å²) in [4.78, 5) is 20.0. The van der Waals surface area contributed by atoms with Crippen LogP contribution in [-0.2, 0) is 24.1 Å². The fourth-order valence-corrected chi connectivity index (χ4v) is 3.88. The first-order valence-electron chi connectivity index (χ1n) is 7.80. The average Bonchev–Trinajstić information content (AvgIpc) is 3.20. The Bertz CT molecular complexity index is 695. The Morgan fingerprint density at radius 1 is 1.48 bits per heavy atom. The highest BCUT2D eigenvalue weighted by atomic mass is 32.1. The molecule has 0 saturated heterocycles. The maximum absolute atomic E-state index is 12.7. The van der Waals surface area contributed by atoms with Gasteiger partial charge in [-0.25, -0.2) is 0 Å². The van der Waals surface area contributed by atoms with Gasteiger partial charge in [0.2, 0.25) is 5.89 Å². The Hall–Kier alpha value is -1.73. The first-order chi connectivity index (χ1) is 11.1. The summed E-state index contributed by atoms with van der Waals surface area (Å²) >= 11 is 1.70. The number of nitrogens with zero attached hydrogens (tertiary/aromatic N) is 3. The quantitative estimate of drug-likeness (QED) is 0.840. The second-order valence-corrected chi connectivity index (χ2v) is 6.81. The number of hydrogen-bond donors (Lipinski definition) is 0. The first kappa shape index (κ1) is 16.1. The zero-order chi connectivity index (χ0) is 16.4. The van der Waals surface area contributed by atoms with Crippen LogP contribution in [0.15, 0.2) is 9.90 Å². The van der Waals surface area contributed by atoms with Crippen molar-refractivity contribution < 1.29 is 14.1 Å². The van der Waals surface area contributed by atoms with E-state index in [-0.39, 0.29) is 12.0 Å². The average molecular weight is 335 g/mol. The highest BCUT2D eigenvalue weighted by Crippen LogP contribution is 2.31. The van der Waals surface area contributed by atoms with E-state index >= 15 is 0 Å². The topological polar surface area (TPSA) is 68.5 Å². The van der Waals surface area contributed by atoms with Crippen molar-refractivity contribution in [2.24, 2.45) is 0 Å². The van der Waals surface area contributed by atoms with E-state index in [1.807, 2.05) is 12.3 Å². The van der Waals surface area contributed by atoms with E-state index in [0.717, 1.165) is 24.8 Å². The summed E-state index contributed by atoms with van der Waals surface area (Å²) in [5, 5.41) is 5.87. The first-order valence-corrected chi connectivity index (χ1v) is 8.68. The normalized spacial score (nSPS) is 15.3. The molecule has 3 rings (SSSR count). The van der Waals surface area contributed by atoms with Crippen molar-refractivity contribution in [3.63, 3.8) is 0 Å². The lowest BCUT2D eigenvalue weighted by atomic mass is 9.95. The molecule has 0 spiro atoms. The molecule has 1 aliphatic carbocycles. The van der Waals surface area contributed by atoms with Crippen LogP contribution in [-0.4, -0.2) is 35.1 Å². The largest absolute Gasteiger partial charge is 0.374 e. The van der Waals surface area contributed by atoms with Gasteiger partial charge in [0.25, 0.3) is 5.91 Å². The van der Waals surface area contributed by atoms with Gasteiger partial charge in [-0.2, -0.15) is 4.98 Å². The number of carbonyl (C=O) groups excluding carboxylic acids is 1. The molecular weight excluding hydrogens is 314 g/mol. The van der Waals surface area contributed by atoms with Crippen LogP contribution in [0.25, 0.3) is 0 Å². The zero-order valence-electron chi connectivity index (χ0n) is 13.7. The van der Waals surface area contributed by atoms with Gasteiger partial charge in [0.15, 0.2) is 5.82 Å². The van der Waals surface area contributed by atoms with Crippen molar-refractivity contribution in [1.82, 2.24) is 15.0 Å². The summed E-state index contributed by atoms with van der Waals surface area (Å²) in [5.41, 5.74) is 2.06. The lowest BCUT2D eigenvalue weighted by Gasteiger charge is -2.17. The number of methoxy groups -OCH3 is 1. The molecule has 1 amide bonds. The SMILES string of the molecule is COC(C)c1noc(CN(C)C(=O)c2csc3c2CCCC3)n1. The Labute approximate surface area is 139 Å². The predicted octanol–water partition coefficient (Wildman–Crippen LogP) is 2.99. The summed E-state index contributed by atoms with van der Waals surface area (Å²) in [6, 6.07) is 0. The van der Waals surface area contributed by atoms with Crippen LogP contribution in [0, 0.1) is 0 Å². The molecule has 2 heterocycles. The molecule has 6 nitrogen and oxygen atoms in total. The van der Waals surface area contributed by atoms with E-state index in [4.69, 9.17) is 9.26 Å². The number of carbonyl (C=O) groups is 1. The van der Waals surface area contributed by atoms with Crippen LogP contribution < -0.4 is 0 Å². The van der Waals surface area contributed by atoms with Crippen LogP contribution in [0.3, 0.4) is 0 Å². The van der Waals surface area contributed by atoms with Crippen molar-refractivity contribution in [2.45, 2.75) is 45.3 Å². The molecule has 0 fully saturated rings. The van der Waals surface area contributed by atoms with Gasteiger partial charge in [0, 0.05) is 24.4 Å². The maximum atomic E-state index is 12.7. The summed E-state index contributed by atoms with van der Waals surface area (Å²) in [7, 11) is 3.36. The number of aryl methyl sites for hydroxylation is 1. The molecular formula is C16H21N3O3S. The summed E-state index contributed by atoms with van der Waals surface area (Å²) in [6.45, 7) is 2.15. The minimum absolute atomic E-state index is 0.0175. The molecule has 0 aromatic carbocycles. The molecule has 124 valence electrons. The molecule has 0 aliphatic heterocycles. The van der Waals surface area contributed by atoms with Crippen molar-refractivity contribution in [1.29, 1.82) is 0 Å². The van der Waals surface area contributed by atoms with Crippen molar-refractivity contribution in [3.05, 3.63) is 33.1 Å². The fraction of sp³-hybridized carbons (Fsp3) is 0.562. The molecule has 0 saturated carbocycles. The fourth-order valence-electron chi connectivity index (χ4n) is 2.76. The number of ether oxygens (including phenoxy) is 1. The maximum Gasteiger partial charge on any atom is 0.255 e. The van der Waals surface area contributed by atoms with Gasteiger partial charge < -0.3 is 14.2 Å². The Morgan fingerprint density at radius 2 is 2.26 bits per heavy atom. The molecule has 2 aromatic rings. The van der Waals surface area contributed by atoms with Gasteiger partial charge in [-0.05, 0) is 38.2 Å². The molecule has 2 aromatic heterocycles. The van der Waals surface area contributed by atoms with Crippen molar-refractivity contribution >= 4 is 17.2 Å². The standard InChI is InChI=1S/C16H21N3O3S/c1-10(21-3)15-17-14(22-18-15)8-19(2)16(20)12-9-23-13-7-5-4-6-11(12)13/h9-10H,4-8H2,1-3H3. The third-order valence-corrected chi connectivity index (χ3v) is 5.30. The molecule has 0 N–H and O–H groups in total. The van der Waals surface area contributed by atoms with E-state index in [0.29, 0.717) is 18.3 Å². The molecule has 23 heavy (non-hydrogen) atoms. The molecule has 1 unspecified atom stereocenters. The molecule has 1 aliphatic rings. The van der Waals surface area contributed by atoms with Crippen LogP contribution in [0.4, 0.5) is 0 Å². The minimum atomic E-state index is -0.225. The summed E-state index contributed by atoms with van der Waals surface area (Å²) < 4.78 is 10.4. The molecule has 0 bridgehead atoms. The highest BCUT2D eigenvalue weighted by Gasteiger charge is 2.23. The number of hydrogen-bond acceptors (Lipinski definition) is 6. The van der Waals surface area contributed by atoms with Crippen LogP contribution >= 0.6 is 11.3 Å². The number of aromatic nitrogens is 2. The number of fused-ring (bicyclic) bond motifs is 1. The van der Waals surface area contributed by atoms with Crippen LogP contribution in [0.2, 0.25) is 0 Å². The van der Waals surface area contributed by atoms with Gasteiger partial charge in [0.05, 0.1) is 12.1 Å². The van der Waals surface area contributed by atoms with E-state index < -0.39 is 0 Å². The lowest BCUT2D eigenvalue weighted by Crippen LogP contribution is -2.27. The minimum Gasteiger partial charge on any atom is -0.374 e. The van der Waals surface area contributed by atoms with Crippen molar-refractivity contribution in [3.8, 4) is 0 Å². The summed E-state index contributed by atoms with van der Waals surface area (Å²) in [6.07, 6.45) is 4.26. The van der Waals surface area contributed by atoms with Gasteiger partial charge >= 0.3 is 0 Å². The molecule has 1 atom stereocenters. The van der Waals surface area contributed by atoms with Crippen LogP contribution in [0.1, 0.15) is 58.4 Å². The monoisotopic (exact) mass is 335 g/mol. The van der Waals surface area contributed by atoms with E-state index in [1.165, 1.54) is 16.9 Å². The van der Waals surface area contributed by atoms with Crippen LogP contribution in [0.5, 0.6) is 0 Å². The third kappa shape index (κ3) is 3.30.